The number of nitrogens with one attached hydrogen (secondary N) is 5. The van der Waals surface area contributed by atoms with Gasteiger partial charge in [-0.15, -0.1) is 0 Å². The lowest BCUT2D eigenvalue weighted by molar-refractivity contribution is -0.464. The molecular formula is C15H20I5N15. The van der Waals surface area contributed by atoms with Gasteiger partial charge in [0, 0.05) is 30.3 Å². The van der Waals surface area contributed by atoms with Gasteiger partial charge in [0.15, 0.2) is 31.0 Å². The topological polar surface area (TPSA) is 200 Å². The molecule has 0 saturated carbocycles. The van der Waals surface area contributed by atoms with Crippen molar-refractivity contribution >= 4 is 0 Å². The summed E-state index contributed by atoms with van der Waals surface area (Å²) in [4.78, 5) is 0. The van der Waals surface area contributed by atoms with Gasteiger partial charge in [-0.2, -0.15) is 25.5 Å². The summed E-state index contributed by atoms with van der Waals surface area (Å²) in [6, 6.07) is 8.85. The second-order valence-corrected chi connectivity index (χ2v) is 4.26. The highest BCUT2D eigenvalue weighted by atomic mass is 127. The third kappa shape index (κ3) is 37.4. The van der Waals surface area contributed by atoms with E-state index in [9.17, 15) is 0 Å². The van der Waals surface area contributed by atoms with Gasteiger partial charge in [0.2, 0.25) is 0 Å². The maximum atomic E-state index is 3.48. The first kappa shape index (κ1) is 43.7. The second-order valence-electron chi connectivity index (χ2n) is 4.26. The van der Waals surface area contributed by atoms with Gasteiger partial charge in [-0.25, -0.2) is 0 Å². The summed E-state index contributed by atoms with van der Waals surface area (Å²) in [6.07, 6.45) is 16.5. The van der Waals surface area contributed by atoms with Crippen LogP contribution in [0.4, 0.5) is 0 Å². The first-order valence-electron chi connectivity index (χ1n) is 8.19. The average Bonchev–Trinajstić information content (AvgIpc) is 2.91. The SMILES string of the molecule is [I-].[I-].[I-].[I-].[I-].c1cnn[nH+]c1.c1cnn[nH+]c1.c1cnn[nH+]c1.c1cnn[nH+]c1.c1cnn[nH+]c1. The second kappa shape index (κ2) is 39.9. The van der Waals surface area contributed by atoms with Crippen LogP contribution in [-0.4, -0.2) is 51.6 Å². The maximum absolute atomic E-state index is 3.48. The Kier molecular flexibility index (Phi) is 49.9. The Hall–Kier alpha value is -1.30. The molecule has 0 atom stereocenters. The van der Waals surface area contributed by atoms with Crippen molar-refractivity contribution in [3.05, 3.63) is 92.3 Å². The van der Waals surface area contributed by atoms with E-state index in [4.69, 9.17) is 0 Å². The predicted octanol–water partition coefficient (Wildman–Crippen LogP) is -18.5. The molecule has 0 amide bonds. The molecular weight excluding hydrogens is 1020 g/mol. The quantitative estimate of drug-likeness (QED) is 0.134. The van der Waals surface area contributed by atoms with Gasteiger partial charge in [-0.3, -0.25) is 0 Å². The summed E-state index contributed by atoms with van der Waals surface area (Å²) in [5.41, 5.74) is 0. The number of H-pyrrole nitrogens is 5. The lowest BCUT2D eigenvalue weighted by atomic mass is 10.7. The van der Waals surface area contributed by atoms with E-state index in [0.29, 0.717) is 0 Å². The van der Waals surface area contributed by atoms with Gasteiger partial charge in [-0.1, -0.05) is 0 Å². The molecule has 5 rings (SSSR count). The molecule has 0 aliphatic rings. The van der Waals surface area contributed by atoms with Crippen LogP contribution in [0.1, 0.15) is 0 Å². The molecule has 5 N–H and O–H groups in total. The zero-order chi connectivity index (χ0) is 21.2. The van der Waals surface area contributed by atoms with E-state index >= 15 is 0 Å². The van der Waals surface area contributed by atoms with Crippen molar-refractivity contribution in [3.8, 4) is 0 Å². The molecule has 0 saturated heterocycles. The van der Waals surface area contributed by atoms with Crippen LogP contribution in [0.2, 0.25) is 0 Å². The highest BCUT2D eigenvalue weighted by molar-refractivity contribution is 4.66. The largest absolute Gasteiger partial charge is 1.00 e. The molecule has 5 aromatic rings. The van der Waals surface area contributed by atoms with Gasteiger partial charge in [0.1, 0.15) is 57.1 Å². The molecule has 0 aliphatic carbocycles. The van der Waals surface area contributed by atoms with Crippen molar-refractivity contribution in [2.45, 2.75) is 0 Å². The Labute approximate surface area is 285 Å². The zero-order valence-corrected chi connectivity index (χ0v) is 28.3. The fourth-order valence-electron chi connectivity index (χ4n) is 1.12. The zero-order valence-electron chi connectivity index (χ0n) is 17.5. The van der Waals surface area contributed by atoms with Crippen LogP contribution < -0.4 is 145 Å². The minimum absolute atomic E-state index is 0. The van der Waals surface area contributed by atoms with Gasteiger partial charge in [0.25, 0.3) is 0 Å². The normalized spacial score (nSPS) is 6.86. The molecule has 0 spiro atoms. The van der Waals surface area contributed by atoms with Crippen molar-refractivity contribution in [1.29, 1.82) is 0 Å². The van der Waals surface area contributed by atoms with Crippen LogP contribution in [0.25, 0.3) is 0 Å². The van der Waals surface area contributed by atoms with E-state index in [1.54, 1.807) is 92.3 Å². The van der Waals surface area contributed by atoms with E-state index in [-0.39, 0.29) is 120 Å². The van der Waals surface area contributed by atoms with Crippen LogP contribution in [0.5, 0.6) is 0 Å². The van der Waals surface area contributed by atoms with Gasteiger partial charge < -0.3 is 120 Å². The highest BCUT2D eigenvalue weighted by Gasteiger charge is 1.73. The summed E-state index contributed by atoms with van der Waals surface area (Å²) in [5.74, 6) is 0. The molecule has 0 radical (unpaired) electrons. The van der Waals surface area contributed by atoms with Crippen LogP contribution in [-0.2, 0) is 0 Å². The Balaban J connectivity index is -0.000000103. The summed E-state index contributed by atoms with van der Waals surface area (Å²) < 4.78 is 0. The molecule has 190 valence electrons. The summed E-state index contributed by atoms with van der Waals surface area (Å²) >= 11 is 0. The Bertz CT molecular complexity index is 593. The highest BCUT2D eigenvalue weighted by Crippen LogP contribution is 1.58. The minimum atomic E-state index is 0. The molecule has 15 nitrogen and oxygen atoms in total. The van der Waals surface area contributed by atoms with E-state index < -0.39 is 0 Å². The molecule has 20 heteroatoms. The lowest BCUT2D eigenvalue weighted by Gasteiger charge is -1.58. The van der Waals surface area contributed by atoms with E-state index in [2.05, 4.69) is 77.1 Å². The summed E-state index contributed by atoms with van der Waals surface area (Å²) in [7, 11) is 0. The van der Waals surface area contributed by atoms with Crippen LogP contribution in [0.15, 0.2) is 92.3 Å². The number of nitrogens with zero attached hydrogens (tertiary/aromatic N) is 10. The number of aromatic amines is 5. The maximum Gasteiger partial charge on any atom is 0.171 e. The Morgan fingerprint density at radius 3 is 0.486 bits per heavy atom. The van der Waals surface area contributed by atoms with Crippen molar-refractivity contribution in [1.82, 2.24) is 51.6 Å². The van der Waals surface area contributed by atoms with E-state index in [1.807, 2.05) is 0 Å². The molecule has 5 aromatic heterocycles. The average molecular weight is 1040 g/mol. The first-order chi connectivity index (χ1) is 15.0. The van der Waals surface area contributed by atoms with Crippen molar-refractivity contribution in [2.75, 3.05) is 0 Å². The molecule has 0 aromatic carbocycles. The summed E-state index contributed by atoms with van der Waals surface area (Å²) in [5, 5.41) is 47.1. The third-order valence-corrected chi connectivity index (χ3v) is 2.19. The fourth-order valence-corrected chi connectivity index (χ4v) is 1.12. The molecule has 0 unspecified atom stereocenters. The lowest BCUT2D eigenvalue weighted by Crippen LogP contribution is -3.00. The molecule has 0 aliphatic heterocycles. The fraction of sp³-hybridized carbons (Fsp3) is 0. The Morgan fingerprint density at radius 1 is 0.286 bits per heavy atom. The standard InChI is InChI=1S/5C3H3N3.5HI/c5*1-2-4-6-5-3-1;;;;;/h5*1-3H;5*1H. The van der Waals surface area contributed by atoms with Gasteiger partial charge in [0.05, 0.1) is 25.5 Å². The smallest absolute Gasteiger partial charge is 0.171 e. The molecule has 5 heterocycles. The minimum Gasteiger partial charge on any atom is -1.00 e. The third-order valence-electron chi connectivity index (χ3n) is 2.19. The van der Waals surface area contributed by atoms with Crippen molar-refractivity contribution in [2.24, 2.45) is 0 Å². The number of aromatic nitrogens is 15. The number of hydrogen-bond acceptors (Lipinski definition) is 10. The number of rotatable bonds is 0. The van der Waals surface area contributed by atoms with Gasteiger partial charge in [-0.05, 0) is 0 Å². The molecule has 0 fully saturated rings. The molecule has 35 heavy (non-hydrogen) atoms. The number of hydrogen-bond donors (Lipinski definition) is 0. The Morgan fingerprint density at radius 2 is 0.457 bits per heavy atom. The van der Waals surface area contributed by atoms with Gasteiger partial charge >= 0.3 is 0 Å². The van der Waals surface area contributed by atoms with Crippen molar-refractivity contribution in [3.63, 3.8) is 0 Å². The molecule has 0 bridgehead atoms. The van der Waals surface area contributed by atoms with Crippen molar-refractivity contribution < 1.29 is 145 Å². The van der Waals surface area contributed by atoms with Crippen LogP contribution >= 0.6 is 0 Å². The summed E-state index contributed by atoms with van der Waals surface area (Å²) in [6.45, 7) is 0. The predicted molar refractivity (Wildman–Crippen MR) is 92.9 cm³/mol. The monoisotopic (exact) mass is 1040 g/mol. The number of halogens is 5. The van der Waals surface area contributed by atoms with Crippen LogP contribution in [0.3, 0.4) is 0 Å². The van der Waals surface area contributed by atoms with Crippen LogP contribution in [0, 0.1) is 0 Å². The van der Waals surface area contributed by atoms with E-state index in [0.717, 1.165) is 0 Å². The first-order valence-corrected chi connectivity index (χ1v) is 8.19. The van der Waals surface area contributed by atoms with E-state index in [1.165, 1.54) is 0 Å².